The molecule has 1 heterocycles. The summed E-state index contributed by atoms with van der Waals surface area (Å²) >= 11 is 0. The molecule has 1 saturated heterocycles. The van der Waals surface area contributed by atoms with E-state index in [9.17, 15) is 22.8 Å². The summed E-state index contributed by atoms with van der Waals surface area (Å²) in [7, 11) is -3.89. The van der Waals surface area contributed by atoms with Crippen LogP contribution in [0.3, 0.4) is 0 Å². The second-order valence-electron chi connectivity index (χ2n) is 4.21. The third-order valence-corrected chi connectivity index (χ3v) is 4.13. The summed E-state index contributed by atoms with van der Waals surface area (Å²) in [6.07, 6.45) is 0. The lowest BCUT2D eigenvalue weighted by Crippen LogP contribution is -2.30. The lowest BCUT2D eigenvalue weighted by molar-refractivity contribution is -0.147. The second kappa shape index (κ2) is 5.50. The van der Waals surface area contributed by atoms with E-state index in [0.29, 0.717) is 5.56 Å². The molecule has 1 aliphatic rings. The maximum Gasteiger partial charge on any atom is 0.394 e. The number of carboxylic acid groups (broad SMARTS) is 1. The quantitative estimate of drug-likeness (QED) is 0.606. The van der Waals surface area contributed by atoms with Gasteiger partial charge in [-0.2, -0.15) is 12.7 Å². The van der Waals surface area contributed by atoms with Gasteiger partial charge in [-0.3, -0.25) is 9.59 Å². The summed E-state index contributed by atoms with van der Waals surface area (Å²) in [4.78, 5) is 32.8. The summed E-state index contributed by atoms with van der Waals surface area (Å²) < 4.78 is 26.0. The Kier molecular flexibility index (Phi) is 3.91. The van der Waals surface area contributed by atoms with Crippen molar-refractivity contribution in [1.82, 2.24) is 9.03 Å². The highest BCUT2D eigenvalue weighted by Gasteiger charge is 2.34. The minimum absolute atomic E-state index is 0.166. The number of anilines is 1. The number of hydrogen-bond donors (Lipinski definition) is 3. The number of nitrogens with one attached hydrogen (secondary N) is 2. The number of aliphatic carboxylic acids is 1. The minimum atomic E-state index is -3.89. The van der Waals surface area contributed by atoms with E-state index in [1.165, 1.54) is 12.1 Å². The molecule has 0 aliphatic carbocycles. The third-order valence-electron chi connectivity index (χ3n) is 2.71. The molecule has 2 amide bonds. The number of rotatable bonds is 3. The van der Waals surface area contributed by atoms with E-state index in [1.54, 1.807) is 12.1 Å². The zero-order valence-electron chi connectivity index (χ0n) is 10.6. The molecule has 1 fully saturated rings. The molecule has 1 aromatic rings. The van der Waals surface area contributed by atoms with Gasteiger partial charge in [0.1, 0.15) is 0 Å². The van der Waals surface area contributed by atoms with Gasteiger partial charge in [-0.15, -0.1) is 0 Å². The molecule has 0 radical (unpaired) electrons. The first-order chi connectivity index (χ1) is 9.79. The van der Waals surface area contributed by atoms with Gasteiger partial charge < -0.3 is 10.4 Å². The molecule has 9 nitrogen and oxygen atoms in total. The predicted molar refractivity (Wildman–Crippen MR) is 70.2 cm³/mol. The van der Waals surface area contributed by atoms with Gasteiger partial charge in [-0.25, -0.2) is 9.52 Å². The zero-order chi connectivity index (χ0) is 15.6. The normalized spacial score (nSPS) is 17.2. The maximum absolute atomic E-state index is 11.6. The largest absolute Gasteiger partial charge is 0.474 e. The number of para-hydroxylation sites is 1. The number of benzene rings is 1. The Balaban J connectivity index is 2.23. The summed E-state index contributed by atoms with van der Waals surface area (Å²) in [6.45, 7) is -0.499. The maximum atomic E-state index is 11.6. The fourth-order valence-corrected chi connectivity index (χ4v) is 2.85. The number of hydrogen-bond acceptors (Lipinski definition) is 5. The van der Waals surface area contributed by atoms with Gasteiger partial charge in [0.15, 0.2) is 0 Å². The first-order valence-electron chi connectivity index (χ1n) is 5.72. The topological polar surface area (TPSA) is 133 Å². The van der Waals surface area contributed by atoms with E-state index in [2.05, 4.69) is 5.32 Å². The summed E-state index contributed by atoms with van der Waals surface area (Å²) in [5, 5.41) is 10.7. The Morgan fingerprint density at radius 2 is 2.00 bits per heavy atom. The zero-order valence-corrected chi connectivity index (χ0v) is 11.4. The van der Waals surface area contributed by atoms with Gasteiger partial charge in [0.2, 0.25) is 5.91 Å². The van der Waals surface area contributed by atoms with Gasteiger partial charge in [-0.1, -0.05) is 18.2 Å². The Morgan fingerprint density at radius 1 is 1.33 bits per heavy atom. The molecule has 0 aromatic heterocycles. The minimum Gasteiger partial charge on any atom is -0.474 e. The van der Waals surface area contributed by atoms with Crippen molar-refractivity contribution in [1.29, 1.82) is 0 Å². The molecule has 0 atom stereocenters. The average Bonchev–Trinajstić information content (AvgIpc) is 2.64. The van der Waals surface area contributed by atoms with E-state index in [4.69, 9.17) is 5.11 Å². The Morgan fingerprint density at radius 3 is 2.57 bits per heavy atom. The molecular formula is C11H11N3O6S. The van der Waals surface area contributed by atoms with Crippen LogP contribution >= 0.6 is 0 Å². The Hall–Kier alpha value is -2.46. The molecule has 1 aliphatic heterocycles. The van der Waals surface area contributed by atoms with Crippen molar-refractivity contribution in [3.05, 3.63) is 29.8 Å². The van der Waals surface area contributed by atoms with Crippen LogP contribution in [-0.2, 0) is 31.1 Å². The fraction of sp³-hybridized carbons (Fsp3) is 0.182. The number of amides is 2. The van der Waals surface area contributed by atoms with Crippen molar-refractivity contribution in [3.63, 3.8) is 0 Å². The van der Waals surface area contributed by atoms with Crippen LogP contribution in [0.1, 0.15) is 5.56 Å². The summed E-state index contributed by atoms with van der Waals surface area (Å²) in [6, 6.07) is 6.12. The molecule has 21 heavy (non-hydrogen) atoms. The summed E-state index contributed by atoms with van der Waals surface area (Å²) in [5.74, 6) is -3.54. The average molecular weight is 313 g/mol. The SMILES string of the molecule is O=C1CN(Cc2ccccc2NC(=O)C(=O)O)S(=O)(=O)N1. The molecule has 1 aromatic carbocycles. The molecule has 0 spiro atoms. The van der Waals surface area contributed by atoms with Crippen LogP contribution in [0.2, 0.25) is 0 Å². The molecular weight excluding hydrogens is 302 g/mol. The molecule has 10 heteroatoms. The highest BCUT2D eigenvalue weighted by molar-refractivity contribution is 7.88. The highest BCUT2D eigenvalue weighted by atomic mass is 32.2. The molecule has 2 rings (SSSR count). The number of nitrogens with zero attached hydrogens (tertiary/aromatic N) is 1. The van der Waals surface area contributed by atoms with E-state index in [-0.39, 0.29) is 18.8 Å². The van der Waals surface area contributed by atoms with Crippen LogP contribution in [0.5, 0.6) is 0 Å². The van der Waals surface area contributed by atoms with Crippen LogP contribution in [0.4, 0.5) is 5.69 Å². The fourth-order valence-electron chi connectivity index (χ4n) is 1.77. The van der Waals surface area contributed by atoms with Gasteiger partial charge in [-0.05, 0) is 11.6 Å². The predicted octanol–water partition coefficient (Wildman–Crippen LogP) is -1.11. The van der Waals surface area contributed by atoms with Crippen LogP contribution in [-0.4, -0.2) is 42.2 Å². The lowest BCUT2D eigenvalue weighted by atomic mass is 10.1. The molecule has 3 N–H and O–H groups in total. The van der Waals surface area contributed by atoms with E-state index in [0.717, 1.165) is 4.31 Å². The van der Waals surface area contributed by atoms with Crippen LogP contribution in [0, 0.1) is 0 Å². The van der Waals surface area contributed by atoms with Gasteiger partial charge in [0, 0.05) is 12.2 Å². The standard InChI is InChI=1S/C11H11N3O6S/c15-9-6-14(21(19,20)13-9)5-7-3-1-2-4-8(7)12-10(16)11(17)18/h1-4H,5-6H2,(H,12,16)(H,13,15)(H,17,18). The Bertz CT molecular complexity index is 714. The van der Waals surface area contributed by atoms with Crippen LogP contribution < -0.4 is 10.0 Å². The first-order valence-corrected chi connectivity index (χ1v) is 7.16. The first kappa shape index (κ1) is 14.9. The van der Waals surface area contributed by atoms with Gasteiger partial charge >= 0.3 is 22.1 Å². The van der Waals surface area contributed by atoms with Crippen molar-refractivity contribution in [2.75, 3.05) is 11.9 Å². The second-order valence-corrected chi connectivity index (χ2v) is 5.89. The smallest absolute Gasteiger partial charge is 0.394 e. The Labute approximate surface area is 119 Å². The van der Waals surface area contributed by atoms with Crippen molar-refractivity contribution in [2.45, 2.75) is 6.54 Å². The van der Waals surface area contributed by atoms with Crippen molar-refractivity contribution in [3.8, 4) is 0 Å². The molecule has 0 saturated carbocycles. The highest BCUT2D eigenvalue weighted by Crippen LogP contribution is 2.20. The van der Waals surface area contributed by atoms with Crippen molar-refractivity contribution >= 4 is 33.7 Å². The number of carboxylic acids is 1. The number of carbonyl (C=O) groups is 3. The van der Waals surface area contributed by atoms with Crippen molar-refractivity contribution < 1.29 is 27.9 Å². The molecule has 0 unspecified atom stereocenters. The van der Waals surface area contributed by atoms with E-state index >= 15 is 0 Å². The monoisotopic (exact) mass is 313 g/mol. The van der Waals surface area contributed by atoms with E-state index < -0.39 is 28.0 Å². The third kappa shape index (κ3) is 3.35. The number of carbonyl (C=O) groups excluding carboxylic acids is 2. The molecule has 112 valence electrons. The lowest BCUT2D eigenvalue weighted by Gasteiger charge is -2.15. The molecule has 0 bridgehead atoms. The summed E-state index contributed by atoms with van der Waals surface area (Å²) in [5.41, 5.74) is 0.534. The van der Waals surface area contributed by atoms with Crippen LogP contribution in [0.15, 0.2) is 24.3 Å². The van der Waals surface area contributed by atoms with Gasteiger partial charge in [0.05, 0.1) is 6.54 Å². The van der Waals surface area contributed by atoms with Crippen molar-refractivity contribution in [2.24, 2.45) is 0 Å². The van der Waals surface area contributed by atoms with Crippen LogP contribution in [0.25, 0.3) is 0 Å². The van der Waals surface area contributed by atoms with Gasteiger partial charge in [0.25, 0.3) is 0 Å². The van der Waals surface area contributed by atoms with E-state index in [1.807, 2.05) is 4.72 Å².